The second kappa shape index (κ2) is 13.5. The number of hydrogen-bond donors (Lipinski definition) is 1. The second-order valence-corrected chi connectivity index (χ2v) is 14.2. The molecule has 9 heteroatoms. The molecule has 1 spiro atoms. The molecule has 0 aromatic heterocycles. The Morgan fingerprint density at radius 1 is 1.09 bits per heavy atom. The average Bonchev–Trinajstić information content (AvgIpc) is 3.58. The predicted octanol–water partition coefficient (Wildman–Crippen LogP) is 4.44. The molecule has 1 aromatic carbocycles. The molecular weight excluding hydrogens is 560 g/mol. The number of aliphatic hydroxyl groups excluding tert-OH is 1. The van der Waals surface area contributed by atoms with Gasteiger partial charge >= 0.3 is 0 Å². The van der Waals surface area contributed by atoms with Crippen LogP contribution in [-0.2, 0) is 14.4 Å². The van der Waals surface area contributed by atoms with Crippen molar-refractivity contribution in [2.45, 2.75) is 69.5 Å². The third-order valence-corrected chi connectivity index (χ3v) is 11.8. The first-order valence-corrected chi connectivity index (χ1v) is 16.6. The maximum absolute atomic E-state index is 15.0. The number of benzene rings is 1. The number of aliphatic hydroxyl groups is 1. The normalized spacial score (nSPS) is 28.1. The van der Waals surface area contributed by atoms with Gasteiger partial charge in [0, 0.05) is 49.9 Å². The van der Waals surface area contributed by atoms with Crippen LogP contribution in [0.3, 0.4) is 0 Å². The van der Waals surface area contributed by atoms with E-state index in [0.29, 0.717) is 13.0 Å². The van der Waals surface area contributed by atoms with Crippen LogP contribution in [0.1, 0.15) is 47.5 Å². The number of fused-ring (bicyclic) bond motifs is 1. The predicted molar refractivity (Wildman–Crippen MR) is 176 cm³/mol. The molecule has 3 aliphatic heterocycles. The molecule has 0 saturated carbocycles. The molecule has 236 valence electrons. The SMILES string of the molecule is C=CCN(C)C(=O)[C@@H]1[C@H]2C(=O)N([C@@H](CO)CC(C)C)C(C(=O)N(CC=C)c3ccc(N(CC)CC)cc3)C23S[C@@H]1CC3C. The van der Waals surface area contributed by atoms with Gasteiger partial charge in [0.1, 0.15) is 6.04 Å². The quantitative estimate of drug-likeness (QED) is 0.314. The third-order valence-electron chi connectivity index (χ3n) is 9.70. The van der Waals surface area contributed by atoms with Gasteiger partial charge in [-0.3, -0.25) is 14.4 Å². The maximum atomic E-state index is 15.0. The Labute approximate surface area is 262 Å². The van der Waals surface area contributed by atoms with E-state index in [2.05, 4.69) is 52.7 Å². The molecule has 2 bridgehead atoms. The minimum absolute atomic E-state index is 0.0400. The first-order valence-electron chi connectivity index (χ1n) is 15.8. The van der Waals surface area contributed by atoms with E-state index < -0.39 is 28.7 Å². The number of carbonyl (C=O) groups excluding carboxylic acids is 3. The summed E-state index contributed by atoms with van der Waals surface area (Å²) in [6.45, 7) is 20.4. The average molecular weight is 611 g/mol. The molecule has 0 radical (unpaired) electrons. The zero-order valence-electron chi connectivity index (χ0n) is 26.7. The van der Waals surface area contributed by atoms with Crippen molar-refractivity contribution in [2.75, 3.05) is 49.6 Å². The fourth-order valence-corrected chi connectivity index (χ4v) is 10.2. The van der Waals surface area contributed by atoms with E-state index in [0.717, 1.165) is 30.9 Å². The van der Waals surface area contributed by atoms with E-state index in [9.17, 15) is 19.5 Å². The van der Waals surface area contributed by atoms with Gasteiger partial charge in [-0.1, -0.05) is 32.9 Å². The molecule has 0 aliphatic carbocycles. The summed E-state index contributed by atoms with van der Waals surface area (Å²) in [4.78, 5) is 50.8. The van der Waals surface area contributed by atoms with Crippen molar-refractivity contribution in [3.05, 3.63) is 49.6 Å². The first kappa shape index (κ1) is 33.1. The first-order chi connectivity index (χ1) is 20.5. The maximum Gasteiger partial charge on any atom is 0.251 e. The van der Waals surface area contributed by atoms with Crippen LogP contribution in [0.5, 0.6) is 0 Å². The number of hydrogen-bond acceptors (Lipinski definition) is 6. The smallest absolute Gasteiger partial charge is 0.251 e. The number of rotatable bonds is 14. The van der Waals surface area contributed by atoms with Crippen LogP contribution in [0.4, 0.5) is 11.4 Å². The lowest BCUT2D eigenvalue weighted by molar-refractivity contribution is -0.145. The molecule has 43 heavy (non-hydrogen) atoms. The van der Waals surface area contributed by atoms with Gasteiger partial charge in [0.25, 0.3) is 5.91 Å². The minimum Gasteiger partial charge on any atom is -0.394 e. The van der Waals surface area contributed by atoms with Crippen molar-refractivity contribution in [3.8, 4) is 0 Å². The monoisotopic (exact) mass is 610 g/mol. The lowest BCUT2D eigenvalue weighted by Gasteiger charge is -2.42. The van der Waals surface area contributed by atoms with Gasteiger partial charge in [0.2, 0.25) is 11.8 Å². The molecule has 3 amide bonds. The van der Waals surface area contributed by atoms with E-state index in [1.807, 2.05) is 24.3 Å². The Hall–Kier alpha value is -2.78. The van der Waals surface area contributed by atoms with Gasteiger partial charge < -0.3 is 24.7 Å². The Kier molecular flexibility index (Phi) is 10.4. The van der Waals surface area contributed by atoms with Crippen LogP contribution < -0.4 is 9.80 Å². The Morgan fingerprint density at radius 3 is 2.23 bits per heavy atom. The number of thioether (sulfide) groups is 1. The fourth-order valence-electron chi connectivity index (χ4n) is 7.80. The molecular formula is C34H50N4O4S. The standard InChI is InChI=1S/C34H50N4O4S/c1-9-17-35(8)31(40)28-27-20-23(7)34(43-27)29(28)32(41)38(26(21-39)19-22(5)6)30(34)33(42)37(18-10-2)25-15-13-24(14-16-25)36(11-3)12-4/h9-10,13-16,22-23,26-30,39H,1-2,11-12,17-21H2,3-8H3/t23?,26-,27-,28+,29+,30?,34?/m1/s1. The van der Waals surface area contributed by atoms with Crippen LogP contribution >= 0.6 is 11.8 Å². The van der Waals surface area contributed by atoms with Crippen LogP contribution in [-0.4, -0.2) is 94.5 Å². The highest BCUT2D eigenvalue weighted by atomic mass is 32.2. The summed E-state index contributed by atoms with van der Waals surface area (Å²) in [5.74, 6) is -1.33. The summed E-state index contributed by atoms with van der Waals surface area (Å²) in [7, 11) is 1.75. The van der Waals surface area contributed by atoms with Crippen LogP contribution in [0.15, 0.2) is 49.6 Å². The van der Waals surface area contributed by atoms with Crippen LogP contribution in [0, 0.1) is 23.7 Å². The fraction of sp³-hybridized carbons (Fsp3) is 0.618. The summed E-state index contributed by atoms with van der Waals surface area (Å²) >= 11 is 1.67. The number of carbonyl (C=O) groups is 3. The Bertz CT molecular complexity index is 1200. The lowest BCUT2D eigenvalue weighted by atomic mass is 9.65. The zero-order valence-corrected chi connectivity index (χ0v) is 27.6. The summed E-state index contributed by atoms with van der Waals surface area (Å²) in [5.41, 5.74) is 1.82. The van der Waals surface area contributed by atoms with E-state index in [-0.39, 0.29) is 48.0 Å². The van der Waals surface area contributed by atoms with Crippen molar-refractivity contribution in [1.29, 1.82) is 0 Å². The van der Waals surface area contributed by atoms with Crippen molar-refractivity contribution < 1.29 is 19.5 Å². The third kappa shape index (κ3) is 5.63. The highest BCUT2D eigenvalue weighted by molar-refractivity contribution is 8.02. The molecule has 8 nitrogen and oxygen atoms in total. The van der Waals surface area contributed by atoms with Crippen molar-refractivity contribution in [1.82, 2.24) is 9.80 Å². The van der Waals surface area contributed by atoms with E-state index in [1.54, 1.807) is 45.7 Å². The second-order valence-electron chi connectivity index (χ2n) is 12.7. The van der Waals surface area contributed by atoms with Crippen molar-refractivity contribution in [3.63, 3.8) is 0 Å². The van der Waals surface area contributed by atoms with E-state index in [1.165, 1.54) is 0 Å². The van der Waals surface area contributed by atoms with Gasteiger partial charge in [-0.2, -0.15) is 0 Å². The number of likely N-dealkylation sites (tertiary alicyclic amines) is 1. The molecule has 3 saturated heterocycles. The molecule has 7 atom stereocenters. The number of nitrogens with zero attached hydrogens (tertiary/aromatic N) is 4. The van der Waals surface area contributed by atoms with E-state index >= 15 is 0 Å². The molecule has 3 aliphatic rings. The van der Waals surface area contributed by atoms with Gasteiger partial charge in [-0.25, -0.2) is 0 Å². The topological polar surface area (TPSA) is 84.4 Å². The Balaban J connectivity index is 1.83. The number of anilines is 2. The van der Waals surface area contributed by atoms with Gasteiger partial charge in [-0.05, 0) is 62.8 Å². The van der Waals surface area contributed by atoms with Crippen LogP contribution in [0.2, 0.25) is 0 Å². The van der Waals surface area contributed by atoms with Crippen LogP contribution in [0.25, 0.3) is 0 Å². The number of likely N-dealkylation sites (N-methyl/N-ethyl adjacent to an activating group) is 1. The van der Waals surface area contributed by atoms with Gasteiger partial charge in [-0.15, -0.1) is 24.9 Å². The largest absolute Gasteiger partial charge is 0.394 e. The summed E-state index contributed by atoms with van der Waals surface area (Å²) in [5, 5.41) is 10.6. The highest BCUT2D eigenvalue weighted by Crippen LogP contribution is 2.69. The number of amides is 3. The summed E-state index contributed by atoms with van der Waals surface area (Å²) < 4.78 is -0.765. The Morgan fingerprint density at radius 2 is 1.70 bits per heavy atom. The molecule has 3 unspecified atom stereocenters. The van der Waals surface area contributed by atoms with Crippen molar-refractivity contribution >= 4 is 40.9 Å². The summed E-state index contributed by atoms with van der Waals surface area (Å²) in [6, 6.07) is 6.65. The molecule has 4 rings (SSSR count). The van der Waals surface area contributed by atoms with Gasteiger partial charge in [0.05, 0.1) is 29.2 Å². The minimum atomic E-state index is -0.809. The molecule has 3 fully saturated rings. The highest BCUT2D eigenvalue weighted by Gasteiger charge is 2.77. The van der Waals surface area contributed by atoms with Crippen molar-refractivity contribution in [2.24, 2.45) is 23.7 Å². The van der Waals surface area contributed by atoms with E-state index in [4.69, 9.17) is 0 Å². The summed E-state index contributed by atoms with van der Waals surface area (Å²) in [6.07, 6.45) is 4.73. The molecule has 1 N–H and O–H groups in total. The van der Waals surface area contributed by atoms with Gasteiger partial charge in [0.15, 0.2) is 0 Å². The zero-order chi connectivity index (χ0) is 31.6. The molecule has 3 heterocycles. The molecule has 1 aromatic rings. The lowest BCUT2D eigenvalue weighted by Crippen LogP contribution is -2.59.